The van der Waals surface area contributed by atoms with E-state index in [0.717, 1.165) is 6.42 Å². The van der Waals surface area contributed by atoms with Crippen LogP contribution in [-0.4, -0.2) is 24.5 Å². The topological polar surface area (TPSA) is 93.5 Å². The predicted molar refractivity (Wildman–Crippen MR) is 98.5 cm³/mol. The van der Waals surface area contributed by atoms with Gasteiger partial charge in [0.05, 0.1) is 6.04 Å². The summed E-state index contributed by atoms with van der Waals surface area (Å²) in [5.41, 5.74) is 7.08. The van der Waals surface area contributed by atoms with Gasteiger partial charge in [-0.25, -0.2) is 0 Å². The van der Waals surface area contributed by atoms with Gasteiger partial charge in [-0.05, 0) is 30.7 Å². The van der Waals surface area contributed by atoms with Crippen molar-refractivity contribution < 1.29 is 14.3 Å². The molecule has 0 aliphatic heterocycles. The number of nitrogens with two attached hydrogens (primary N) is 1. The van der Waals surface area contributed by atoms with Gasteiger partial charge in [0.1, 0.15) is 5.75 Å². The average molecular weight is 341 g/mol. The van der Waals surface area contributed by atoms with Crippen LogP contribution in [-0.2, 0) is 9.59 Å². The standard InChI is InChI=1S/C19H23N3O3/c1-2-7-17(20)19(24)22-15-10-6-11-16(12-15)25-13-18(23)21-14-8-4-3-5-9-14/h3-6,8-12,17H,2,7,13,20H2,1H3,(H,21,23)(H,22,24). The molecule has 2 rings (SSSR count). The molecule has 0 bridgehead atoms. The molecule has 0 aromatic heterocycles. The van der Waals surface area contributed by atoms with Crippen molar-refractivity contribution in [1.82, 2.24) is 0 Å². The Bertz CT molecular complexity index is 704. The minimum absolute atomic E-state index is 0.123. The normalized spacial score (nSPS) is 11.4. The largest absolute Gasteiger partial charge is 0.484 e. The number of nitrogens with one attached hydrogen (secondary N) is 2. The number of ether oxygens (including phenoxy) is 1. The number of carbonyl (C=O) groups excluding carboxylic acids is 2. The summed E-state index contributed by atoms with van der Waals surface area (Å²) < 4.78 is 5.48. The van der Waals surface area contributed by atoms with Crippen molar-refractivity contribution in [2.45, 2.75) is 25.8 Å². The van der Waals surface area contributed by atoms with Crippen LogP contribution in [0.4, 0.5) is 11.4 Å². The molecule has 0 heterocycles. The van der Waals surface area contributed by atoms with Gasteiger partial charge >= 0.3 is 0 Å². The predicted octanol–water partition coefficient (Wildman–Crippen LogP) is 2.77. The Kier molecular flexibility index (Phi) is 6.98. The Balaban J connectivity index is 1.86. The van der Waals surface area contributed by atoms with Gasteiger partial charge in [-0.15, -0.1) is 0 Å². The van der Waals surface area contributed by atoms with Gasteiger partial charge in [0.15, 0.2) is 6.61 Å². The summed E-state index contributed by atoms with van der Waals surface area (Å²) in [7, 11) is 0. The highest BCUT2D eigenvalue weighted by atomic mass is 16.5. The van der Waals surface area contributed by atoms with E-state index in [-0.39, 0.29) is 18.4 Å². The molecule has 4 N–H and O–H groups in total. The first-order valence-electron chi connectivity index (χ1n) is 8.22. The third-order valence-corrected chi connectivity index (χ3v) is 3.47. The molecule has 0 radical (unpaired) electrons. The van der Waals surface area contributed by atoms with Crippen LogP contribution in [0.15, 0.2) is 54.6 Å². The first-order chi connectivity index (χ1) is 12.1. The Labute approximate surface area is 147 Å². The summed E-state index contributed by atoms with van der Waals surface area (Å²) in [6.07, 6.45) is 1.47. The second-order valence-electron chi connectivity index (χ2n) is 5.62. The zero-order valence-corrected chi connectivity index (χ0v) is 14.2. The maximum atomic E-state index is 11.9. The smallest absolute Gasteiger partial charge is 0.262 e. The molecule has 6 nitrogen and oxygen atoms in total. The molecule has 6 heteroatoms. The third-order valence-electron chi connectivity index (χ3n) is 3.47. The zero-order valence-electron chi connectivity index (χ0n) is 14.2. The Morgan fingerprint density at radius 3 is 2.48 bits per heavy atom. The number of rotatable bonds is 8. The summed E-state index contributed by atoms with van der Waals surface area (Å²) in [5, 5.41) is 5.49. The van der Waals surface area contributed by atoms with Gasteiger partial charge in [0.25, 0.3) is 5.91 Å². The first-order valence-corrected chi connectivity index (χ1v) is 8.22. The molecule has 2 amide bonds. The van der Waals surface area contributed by atoms with Gasteiger partial charge < -0.3 is 21.1 Å². The van der Waals surface area contributed by atoms with Crippen LogP contribution < -0.4 is 21.1 Å². The number of hydrogen-bond donors (Lipinski definition) is 3. The molecular formula is C19H23N3O3. The van der Waals surface area contributed by atoms with Crippen molar-refractivity contribution >= 4 is 23.2 Å². The van der Waals surface area contributed by atoms with E-state index in [1.807, 2.05) is 25.1 Å². The fourth-order valence-corrected chi connectivity index (χ4v) is 2.21. The molecular weight excluding hydrogens is 318 g/mol. The van der Waals surface area contributed by atoms with Crippen LogP contribution in [0.2, 0.25) is 0 Å². The molecule has 0 aliphatic carbocycles. The molecule has 25 heavy (non-hydrogen) atoms. The highest BCUT2D eigenvalue weighted by molar-refractivity contribution is 5.95. The molecule has 1 atom stereocenters. The lowest BCUT2D eigenvalue weighted by atomic mass is 10.1. The van der Waals surface area contributed by atoms with Gasteiger partial charge in [0.2, 0.25) is 5.91 Å². The van der Waals surface area contributed by atoms with E-state index >= 15 is 0 Å². The third kappa shape index (κ3) is 6.27. The number of para-hydroxylation sites is 1. The fourth-order valence-electron chi connectivity index (χ4n) is 2.21. The highest BCUT2D eigenvalue weighted by Gasteiger charge is 2.12. The van der Waals surface area contributed by atoms with Gasteiger partial charge in [-0.3, -0.25) is 9.59 Å². The maximum absolute atomic E-state index is 11.9. The number of benzene rings is 2. The summed E-state index contributed by atoms with van der Waals surface area (Å²) in [4.78, 5) is 23.8. The van der Waals surface area contributed by atoms with Crippen molar-refractivity contribution in [2.75, 3.05) is 17.2 Å². The van der Waals surface area contributed by atoms with Crippen molar-refractivity contribution in [1.29, 1.82) is 0 Å². The van der Waals surface area contributed by atoms with E-state index in [0.29, 0.717) is 23.5 Å². The molecule has 0 spiro atoms. The maximum Gasteiger partial charge on any atom is 0.262 e. The average Bonchev–Trinajstić information content (AvgIpc) is 2.61. The SMILES string of the molecule is CCCC(N)C(=O)Nc1cccc(OCC(=O)Nc2ccccc2)c1. The molecule has 0 aliphatic rings. The molecule has 132 valence electrons. The van der Waals surface area contributed by atoms with Crippen molar-refractivity contribution in [3.63, 3.8) is 0 Å². The number of anilines is 2. The van der Waals surface area contributed by atoms with E-state index in [4.69, 9.17) is 10.5 Å². The quantitative estimate of drug-likeness (QED) is 0.688. The highest BCUT2D eigenvalue weighted by Crippen LogP contribution is 2.18. The fraction of sp³-hybridized carbons (Fsp3) is 0.263. The summed E-state index contributed by atoms with van der Waals surface area (Å²) in [5.74, 6) is -0.00324. The van der Waals surface area contributed by atoms with E-state index in [9.17, 15) is 9.59 Å². The summed E-state index contributed by atoms with van der Waals surface area (Å²) >= 11 is 0. The van der Waals surface area contributed by atoms with E-state index in [1.165, 1.54) is 0 Å². The molecule has 2 aromatic carbocycles. The second-order valence-corrected chi connectivity index (χ2v) is 5.62. The first kappa shape index (κ1) is 18.5. The van der Waals surface area contributed by atoms with E-state index < -0.39 is 6.04 Å². The van der Waals surface area contributed by atoms with Crippen LogP contribution in [0.25, 0.3) is 0 Å². The Morgan fingerprint density at radius 2 is 1.76 bits per heavy atom. The van der Waals surface area contributed by atoms with E-state index in [2.05, 4.69) is 10.6 Å². The summed E-state index contributed by atoms with van der Waals surface area (Å²) in [6.45, 7) is 1.85. The van der Waals surface area contributed by atoms with Crippen LogP contribution in [0.5, 0.6) is 5.75 Å². The van der Waals surface area contributed by atoms with Crippen molar-refractivity contribution in [3.05, 3.63) is 54.6 Å². The molecule has 0 saturated carbocycles. The number of hydrogen-bond acceptors (Lipinski definition) is 4. The van der Waals surface area contributed by atoms with E-state index in [1.54, 1.807) is 36.4 Å². The molecule has 1 unspecified atom stereocenters. The lowest BCUT2D eigenvalue weighted by Gasteiger charge is -2.12. The zero-order chi connectivity index (χ0) is 18.1. The van der Waals surface area contributed by atoms with Crippen molar-refractivity contribution in [2.24, 2.45) is 5.73 Å². The van der Waals surface area contributed by atoms with Gasteiger partial charge in [0, 0.05) is 17.4 Å². The van der Waals surface area contributed by atoms with Crippen LogP contribution in [0.1, 0.15) is 19.8 Å². The van der Waals surface area contributed by atoms with Crippen LogP contribution >= 0.6 is 0 Å². The van der Waals surface area contributed by atoms with Crippen molar-refractivity contribution in [3.8, 4) is 5.75 Å². The van der Waals surface area contributed by atoms with Crippen LogP contribution in [0, 0.1) is 0 Å². The van der Waals surface area contributed by atoms with Gasteiger partial charge in [-0.1, -0.05) is 37.6 Å². The molecule has 2 aromatic rings. The monoisotopic (exact) mass is 341 g/mol. The molecule has 0 saturated heterocycles. The minimum atomic E-state index is -0.536. The summed E-state index contributed by atoms with van der Waals surface area (Å²) in [6, 6.07) is 15.5. The second kappa shape index (κ2) is 9.44. The lowest BCUT2D eigenvalue weighted by Crippen LogP contribution is -2.35. The number of amides is 2. The lowest BCUT2D eigenvalue weighted by molar-refractivity contribution is -0.118. The number of carbonyl (C=O) groups is 2. The Hall–Kier alpha value is -2.86. The minimum Gasteiger partial charge on any atom is -0.484 e. The van der Waals surface area contributed by atoms with Gasteiger partial charge in [-0.2, -0.15) is 0 Å². The Morgan fingerprint density at radius 1 is 1.04 bits per heavy atom. The molecule has 0 fully saturated rings. The van der Waals surface area contributed by atoms with Crippen LogP contribution in [0.3, 0.4) is 0 Å².